The second-order valence-electron chi connectivity index (χ2n) is 22.7. The highest BCUT2D eigenvalue weighted by molar-refractivity contribution is 6.02. The maximum Gasteiger partial charge on any atom is 0.193 e. The highest BCUT2D eigenvalue weighted by Gasteiger charge is 2.26. The van der Waals surface area contributed by atoms with E-state index in [0.717, 1.165) is 25.2 Å². The summed E-state index contributed by atoms with van der Waals surface area (Å²) in [5.74, 6) is 0.0800. The van der Waals surface area contributed by atoms with Crippen LogP contribution in [0.25, 0.3) is 0 Å². The molecule has 0 heterocycles. The van der Waals surface area contributed by atoms with E-state index in [2.05, 4.69) is 27.7 Å². The molecule has 3 aromatic carbocycles. The van der Waals surface area contributed by atoms with E-state index < -0.39 is 16.8 Å². The molecule has 6 nitrogen and oxygen atoms in total. The van der Waals surface area contributed by atoms with Crippen molar-refractivity contribution in [1.82, 2.24) is 0 Å². The Kier molecular flexibility index (Phi) is 36.1. The number of carbonyl (C=O) groups is 3. The summed E-state index contributed by atoms with van der Waals surface area (Å²) < 4.78 is 0. The first-order chi connectivity index (χ1) is 34.3. The molecule has 0 aliphatic rings. The average Bonchev–Trinajstić information content (AvgIpc) is 3.35. The van der Waals surface area contributed by atoms with Gasteiger partial charge in [-0.25, -0.2) is 0 Å². The molecule has 0 aliphatic heterocycles. The molecule has 0 fully saturated rings. The van der Waals surface area contributed by atoms with Crippen LogP contribution >= 0.6 is 0 Å². The number of carbonyl (C=O) groups excluding carboxylic acids is 3. The van der Waals surface area contributed by atoms with Gasteiger partial charge in [0.25, 0.3) is 0 Å². The van der Waals surface area contributed by atoms with E-state index >= 15 is 0 Å². The molecule has 0 bridgehead atoms. The fourth-order valence-electron chi connectivity index (χ4n) is 9.11. The Morgan fingerprint density at radius 3 is 0.819 bits per heavy atom. The van der Waals surface area contributed by atoms with Crippen LogP contribution in [0.3, 0.4) is 0 Å². The number of Topliss-reactive ketones (excluding diaryl/α,β-unsaturated/α-hetero) is 3. The first-order valence-corrected chi connectivity index (χ1v) is 29.4. The molecule has 408 valence electrons. The zero-order chi connectivity index (χ0) is 53.7. The molecule has 72 heavy (non-hydrogen) atoms. The first kappa shape index (κ1) is 66.6. The Bertz CT molecular complexity index is 1800. The SMILES string of the molecule is CCCCC(CC)Cc1ccc(C(=O)C(C)(C)O)cc1.CCCCCCCCCCCCCCCCc1ccc(C(=O)C(C)(C)O)cc1.CCCCCCCCCCCCc1ccc(C(=O)C(C)(C)O)cc1. The van der Waals surface area contributed by atoms with Crippen molar-refractivity contribution in [2.45, 2.75) is 285 Å². The van der Waals surface area contributed by atoms with Crippen LogP contribution in [-0.4, -0.2) is 49.5 Å². The molecule has 1 unspecified atom stereocenters. The smallest absolute Gasteiger partial charge is 0.193 e. The Balaban J connectivity index is 0.000000548. The van der Waals surface area contributed by atoms with Crippen LogP contribution in [0.5, 0.6) is 0 Å². The van der Waals surface area contributed by atoms with E-state index in [4.69, 9.17) is 0 Å². The van der Waals surface area contributed by atoms with Crippen molar-refractivity contribution in [2.24, 2.45) is 5.92 Å². The summed E-state index contributed by atoms with van der Waals surface area (Å²) in [6.07, 6.45) is 41.1. The molecule has 0 spiro atoms. The fourth-order valence-corrected chi connectivity index (χ4v) is 9.11. The van der Waals surface area contributed by atoms with Gasteiger partial charge in [0.15, 0.2) is 17.3 Å². The van der Waals surface area contributed by atoms with Gasteiger partial charge in [-0.15, -0.1) is 0 Å². The molecule has 3 N–H and O–H groups in total. The normalized spacial score (nSPS) is 12.1. The van der Waals surface area contributed by atoms with Gasteiger partial charge in [-0.1, -0.05) is 267 Å². The third kappa shape index (κ3) is 32.0. The minimum Gasteiger partial charge on any atom is -0.382 e. The lowest BCUT2D eigenvalue weighted by atomic mass is 9.90. The topological polar surface area (TPSA) is 112 Å². The Morgan fingerprint density at radius 2 is 0.583 bits per heavy atom. The monoisotopic (exact) mass is 997 g/mol. The van der Waals surface area contributed by atoms with Gasteiger partial charge in [-0.3, -0.25) is 14.4 Å². The Hall–Kier alpha value is -3.45. The summed E-state index contributed by atoms with van der Waals surface area (Å²) in [4.78, 5) is 35.9. The van der Waals surface area contributed by atoms with Gasteiger partial charge in [-0.05, 0) is 96.3 Å². The minimum absolute atomic E-state index is 0.212. The van der Waals surface area contributed by atoms with Crippen LogP contribution in [-0.2, 0) is 19.3 Å². The largest absolute Gasteiger partial charge is 0.382 e. The van der Waals surface area contributed by atoms with E-state index in [-0.39, 0.29) is 17.3 Å². The molecule has 0 radical (unpaired) electrons. The van der Waals surface area contributed by atoms with E-state index in [0.29, 0.717) is 16.7 Å². The van der Waals surface area contributed by atoms with Crippen molar-refractivity contribution < 1.29 is 29.7 Å². The molecule has 3 rings (SSSR count). The summed E-state index contributed by atoms with van der Waals surface area (Å²) in [5, 5.41) is 29.3. The summed E-state index contributed by atoms with van der Waals surface area (Å²) in [7, 11) is 0. The fraction of sp³-hybridized carbons (Fsp3) is 0.682. The second-order valence-corrected chi connectivity index (χ2v) is 22.7. The first-order valence-electron chi connectivity index (χ1n) is 29.4. The van der Waals surface area contributed by atoms with Crippen LogP contribution in [0, 0.1) is 5.92 Å². The molecule has 0 aliphatic carbocycles. The predicted molar refractivity (Wildman–Crippen MR) is 308 cm³/mol. The average molecular weight is 998 g/mol. The van der Waals surface area contributed by atoms with Crippen molar-refractivity contribution in [3.8, 4) is 0 Å². The summed E-state index contributed by atoms with van der Waals surface area (Å²) in [6.45, 7) is 18.2. The molecule has 3 aromatic rings. The van der Waals surface area contributed by atoms with Gasteiger partial charge in [0.1, 0.15) is 16.8 Å². The third-order valence-corrected chi connectivity index (χ3v) is 14.0. The van der Waals surface area contributed by atoms with Gasteiger partial charge in [0.05, 0.1) is 0 Å². The number of unbranched alkanes of at least 4 members (excludes halogenated alkanes) is 23. The molecule has 1 atom stereocenters. The lowest BCUT2D eigenvalue weighted by Gasteiger charge is -2.17. The number of hydrogen-bond acceptors (Lipinski definition) is 6. The number of rotatable bonds is 38. The summed E-state index contributed by atoms with van der Waals surface area (Å²) in [5.41, 5.74) is 1.73. The lowest BCUT2D eigenvalue weighted by Crippen LogP contribution is -2.31. The van der Waals surface area contributed by atoms with E-state index in [1.807, 2.05) is 72.8 Å². The van der Waals surface area contributed by atoms with Crippen molar-refractivity contribution >= 4 is 17.3 Å². The second kappa shape index (κ2) is 39.0. The number of benzene rings is 3. The molecule has 0 aromatic heterocycles. The van der Waals surface area contributed by atoms with Gasteiger partial charge in [-0.2, -0.15) is 0 Å². The number of aliphatic hydroxyl groups is 3. The van der Waals surface area contributed by atoms with Crippen molar-refractivity contribution in [3.05, 3.63) is 106 Å². The molecule has 6 heteroatoms. The molecule has 0 amide bonds. The van der Waals surface area contributed by atoms with Gasteiger partial charge in [0, 0.05) is 16.7 Å². The predicted octanol–water partition coefficient (Wildman–Crippen LogP) is 18.2. The number of aryl methyl sites for hydroxylation is 2. The zero-order valence-corrected chi connectivity index (χ0v) is 48.0. The van der Waals surface area contributed by atoms with Gasteiger partial charge >= 0.3 is 0 Å². The quantitative estimate of drug-likeness (QED) is 0.0389. The van der Waals surface area contributed by atoms with Crippen LogP contribution < -0.4 is 0 Å². The number of ketones is 3. The van der Waals surface area contributed by atoms with Crippen molar-refractivity contribution in [2.75, 3.05) is 0 Å². The molecule has 0 saturated carbocycles. The Morgan fingerprint density at radius 1 is 0.347 bits per heavy atom. The van der Waals surface area contributed by atoms with Crippen molar-refractivity contribution in [1.29, 1.82) is 0 Å². The van der Waals surface area contributed by atoms with Gasteiger partial charge in [0.2, 0.25) is 0 Å². The molecule has 0 saturated heterocycles. The molecular weight excluding hydrogens is 889 g/mol. The third-order valence-electron chi connectivity index (χ3n) is 14.0. The van der Waals surface area contributed by atoms with E-state index in [1.54, 1.807) is 0 Å². The molecular formula is C66H108O6. The van der Waals surface area contributed by atoms with E-state index in [9.17, 15) is 29.7 Å². The van der Waals surface area contributed by atoms with Crippen LogP contribution in [0.4, 0.5) is 0 Å². The van der Waals surface area contributed by atoms with E-state index in [1.165, 1.54) is 238 Å². The highest BCUT2D eigenvalue weighted by Crippen LogP contribution is 2.22. The van der Waals surface area contributed by atoms with Crippen LogP contribution in [0.2, 0.25) is 0 Å². The van der Waals surface area contributed by atoms with Crippen molar-refractivity contribution in [3.63, 3.8) is 0 Å². The maximum atomic E-state index is 12.0. The summed E-state index contributed by atoms with van der Waals surface area (Å²) in [6, 6.07) is 23.2. The summed E-state index contributed by atoms with van der Waals surface area (Å²) >= 11 is 0. The lowest BCUT2D eigenvalue weighted by molar-refractivity contribution is 0.0487. The van der Waals surface area contributed by atoms with Crippen LogP contribution in [0.15, 0.2) is 72.8 Å². The Labute approximate surface area is 442 Å². The number of hydrogen-bond donors (Lipinski definition) is 3. The maximum absolute atomic E-state index is 12.0. The zero-order valence-electron chi connectivity index (χ0n) is 48.0. The minimum atomic E-state index is -1.30. The standard InChI is InChI=1S/C26H44O2.C22H36O2.C18H28O2/c1-4-5-6-7-8-9-10-11-12-13-14-15-16-17-18-23-19-21-24(22-20-23)25(27)26(2,3)28;1-4-5-6-7-8-9-10-11-12-13-14-19-15-17-20(18-16-19)21(23)22(2,3)24;1-5-7-8-14(6-2)13-15-9-11-16(12-10-15)17(19)18(3,4)20/h19-22,28H,4-18H2,1-3H3;15-18,24H,4-14H2,1-3H3;9-12,14,20H,5-8,13H2,1-4H3. The highest BCUT2D eigenvalue weighted by atomic mass is 16.3. The van der Waals surface area contributed by atoms with Gasteiger partial charge < -0.3 is 15.3 Å². The van der Waals surface area contributed by atoms with Crippen LogP contribution in [0.1, 0.15) is 297 Å².